The normalized spacial score (nSPS) is 14.7. The van der Waals surface area contributed by atoms with Gasteiger partial charge in [-0.05, 0) is 43.3 Å². The Bertz CT molecular complexity index is 948. The van der Waals surface area contributed by atoms with Crippen LogP contribution in [0.5, 0.6) is 0 Å². The summed E-state index contributed by atoms with van der Waals surface area (Å²) >= 11 is 0. The van der Waals surface area contributed by atoms with Gasteiger partial charge >= 0.3 is 5.97 Å². The van der Waals surface area contributed by atoms with Gasteiger partial charge in [-0.1, -0.05) is 18.2 Å². The third-order valence-electron chi connectivity index (χ3n) is 4.90. The lowest BCUT2D eigenvalue weighted by molar-refractivity contribution is 0.0697. The largest absolute Gasteiger partial charge is 0.478 e. The summed E-state index contributed by atoms with van der Waals surface area (Å²) in [5.74, 6) is -0.910. The predicted octanol–water partition coefficient (Wildman–Crippen LogP) is 3.57. The van der Waals surface area contributed by atoms with Crippen molar-refractivity contribution in [1.82, 2.24) is 4.98 Å². The van der Waals surface area contributed by atoms with E-state index in [1.165, 1.54) is 5.69 Å². The van der Waals surface area contributed by atoms with E-state index in [9.17, 15) is 9.90 Å². The van der Waals surface area contributed by atoms with Crippen LogP contribution in [0, 0.1) is 6.92 Å². The van der Waals surface area contributed by atoms with Gasteiger partial charge in [-0.2, -0.15) is 0 Å². The number of nitrogens with zero attached hydrogens (tertiary/aromatic N) is 3. The molecule has 0 atom stereocenters. The fourth-order valence-electron chi connectivity index (χ4n) is 3.58. The van der Waals surface area contributed by atoms with Gasteiger partial charge in [-0.3, -0.25) is 4.98 Å². The van der Waals surface area contributed by atoms with Crippen LogP contribution in [0.2, 0.25) is 0 Å². The zero-order valence-corrected chi connectivity index (χ0v) is 14.7. The lowest BCUT2D eigenvalue weighted by Gasteiger charge is -2.38. The maximum absolute atomic E-state index is 11.4. The van der Waals surface area contributed by atoms with Crippen LogP contribution in [0.3, 0.4) is 0 Å². The molecule has 4 rings (SSSR count). The summed E-state index contributed by atoms with van der Waals surface area (Å²) in [4.78, 5) is 20.6. The maximum Gasteiger partial charge on any atom is 0.335 e. The average Bonchev–Trinajstić information content (AvgIpc) is 2.67. The Morgan fingerprint density at radius 3 is 2.35 bits per heavy atom. The number of aryl methyl sites for hydroxylation is 1. The van der Waals surface area contributed by atoms with Crippen LogP contribution in [-0.4, -0.2) is 42.2 Å². The van der Waals surface area contributed by atoms with E-state index < -0.39 is 5.97 Å². The van der Waals surface area contributed by atoms with E-state index in [0.717, 1.165) is 48.5 Å². The van der Waals surface area contributed by atoms with E-state index >= 15 is 0 Å². The number of anilines is 2. The molecule has 1 saturated heterocycles. The van der Waals surface area contributed by atoms with Crippen molar-refractivity contribution in [2.45, 2.75) is 6.92 Å². The monoisotopic (exact) mass is 347 g/mol. The number of benzene rings is 2. The molecule has 5 heteroatoms. The Morgan fingerprint density at radius 2 is 1.65 bits per heavy atom. The number of carbonyl (C=O) groups is 1. The Morgan fingerprint density at radius 1 is 0.962 bits per heavy atom. The van der Waals surface area contributed by atoms with Gasteiger partial charge in [0, 0.05) is 48.6 Å². The highest BCUT2D eigenvalue weighted by Crippen LogP contribution is 2.29. The summed E-state index contributed by atoms with van der Waals surface area (Å²) in [7, 11) is 0. The molecule has 2 aromatic carbocycles. The molecule has 5 nitrogen and oxygen atoms in total. The average molecular weight is 347 g/mol. The molecular formula is C21H21N3O2. The number of carboxylic acids is 1. The summed E-state index contributed by atoms with van der Waals surface area (Å²) in [6.45, 7) is 5.64. The van der Waals surface area contributed by atoms with Crippen molar-refractivity contribution in [2.75, 3.05) is 36.0 Å². The number of piperazine rings is 1. The van der Waals surface area contributed by atoms with E-state index in [-0.39, 0.29) is 0 Å². The lowest BCUT2D eigenvalue weighted by atomic mass is 10.1. The highest BCUT2D eigenvalue weighted by molar-refractivity contribution is 5.98. The van der Waals surface area contributed by atoms with Gasteiger partial charge in [-0.25, -0.2) is 4.79 Å². The maximum atomic E-state index is 11.4. The van der Waals surface area contributed by atoms with Gasteiger partial charge in [-0.15, -0.1) is 0 Å². The van der Waals surface area contributed by atoms with Crippen molar-refractivity contribution in [3.8, 4) is 0 Å². The minimum atomic E-state index is -0.910. The smallest absolute Gasteiger partial charge is 0.335 e. The molecule has 1 fully saturated rings. The molecule has 0 aliphatic carbocycles. The van der Waals surface area contributed by atoms with Gasteiger partial charge in [0.1, 0.15) is 0 Å². The van der Waals surface area contributed by atoms with Crippen LogP contribution in [0.1, 0.15) is 16.1 Å². The quantitative estimate of drug-likeness (QED) is 0.785. The van der Waals surface area contributed by atoms with Crippen molar-refractivity contribution in [3.05, 3.63) is 65.9 Å². The minimum absolute atomic E-state index is 0.298. The van der Waals surface area contributed by atoms with E-state index in [4.69, 9.17) is 0 Å². The third-order valence-corrected chi connectivity index (χ3v) is 4.90. The molecule has 132 valence electrons. The molecule has 0 bridgehead atoms. The van der Waals surface area contributed by atoms with Crippen LogP contribution in [0.15, 0.2) is 54.6 Å². The minimum Gasteiger partial charge on any atom is -0.478 e. The molecule has 0 unspecified atom stereocenters. The molecule has 0 spiro atoms. The van der Waals surface area contributed by atoms with Crippen molar-refractivity contribution in [3.63, 3.8) is 0 Å². The molecule has 0 amide bonds. The van der Waals surface area contributed by atoms with Crippen LogP contribution in [0.4, 0.5) is 11.4 Å². The number of aromatic carboxylic acids is 1. The van der Waals surface area contributed by atoms with Gasteiger partial charge < -0.3 is 14.9 Å². The molecule has 0 saturated carbocycles. The molecule has 0 radical (unpaired) electrons. The SMILES string of the molecule is Cc1cc(N2CCN(c3ccccc3)CC2)c2cc(C(=O)O)ccc2n1. The number of pyridine rings is 1. The third kappa shape index (κ3) is 3.08. The number of para-hydroxylation sites is 1. The number of rotatable bonds is 3. The molecule has 1 aliphatic heterocycles. The van der Waals surface area contributed by atoms with Crippen LogP contribution >= 0.6 is 0 Å². The zero-order valence-electron chi connectivity index (χ0n) is 14.7. The van der Waals surface area contributed by atoms with E-state index in [1.54, 1.807) is 18.2 Å². The van der Waals surface area contributed by atoms with Crippen LogP contribution in [0.25, 0.3) is 10.9 Å². The first-order valence-corrected chi connectivity index (χ1v) is 8.81. The molecular weight excluding hydrogens is 326 g/mol. The Kier molecular flexibility index (Phi) is 4.21. The standard InChI is InChI=1S/C21H21N3O2/c1-15-13-20(18-14-16(21(25)26)7-8-19(18)22-15)24-11-9-23(10-12-24)17-5-3-2-4-6-17/h2-8,13-14H,9-12H2,1H3,(H,25,26). The highest BCUT2D eigenvalue weighted by atomic mass is 16.4. The summed E-state index contributed by atoms with van der Waals surface area (Å²) in [6.07, 6.45) is 0. The lowest BCUT2D eigenvalue weighted by Crippen LogP contribution is -2.46. The van der Waals surface area contributed by atoms with E-state index in [2.05, 4.69) is 45.1 Å². The van der Waals surface area contributed by atoms with Crippen LogP contribution in [-0.2, 0) is 0 Å². The summed E-state index contributed by atoms with van der Waals surface area (Å²) in [5.41, 5.74) is 4.41. The fraction of sp³-hybridized carbons (Fsp3) is 0.238. The molecule has 1 N–H and O–H groups in total. The summed E-state index contributed by atoms with van der Waals surface area (Å²) < 4.78 is 0. The molecule has 2 heterocycles. The Labute approximate surface area is 152 Å². The van der Waals surface area contributed by atoms with Crippen molar-refractivity contribution in [2.24, 2.45) is 0 Å². The van der Waals surface area contributed by atoms with Gasteiger partial charge in [0.05, 0.1) is 11.1 Å². The number of hydrogen-bond acceptors (Lipinski definition) is 4. The summed E-state index contributed by atoms with van der Waals surface area (Å²) in [6, 6.07) is 17.7. The highest BCUT2D eigenvalue weighted by Gasteiger charge is 2.20. The molecule has 1 aromatic heterocycles. The van der Waals surface area contributed by atoms with Gasteiger partial charge in [0.2, 0.25) is 0 Å². The zero-order chi connectivity index (χ0) is 18.1. The molecule has 26 heavy (non-hydrogen) atoms. The van der Waals surface area contributed by atoms with E-state index in [1.807, 2.05) is 13.0 Å². The molecule has 3 aromatic rings. The van der Waals surface area contributed by atoms with E-state index in [0.29, 0.717) is 5.56 Å². The second-order valence-electron chi connectivity index (χ2n) is 6.63. The first-order valence-electron chi connectivity index (χ1n) is 8.81. The molecule has 1 aliphatic rings. The number of aromatic nitrogens is 1. The van der Waals surface area contributed by atoms with Crippen molar-refractivity contribution >= 4 is 28.2 Å². The van der Waals surface area contributed by atoms with Gasteiger partial charge in [0.15, 0.2) is 0 Å². The van der Waals surface area contributed by atoms with Crippen LogP contribution < -0.4 is 9.80 Å². The summed E-state index contributed by atoms with van der Waals surface area (Å²) in [5, 5.41) is 10.2. The first kappa shape index (κ1) is 16.4. The van der Waals surface area contributed by atoms with Gasteiger partial charge in [0.25, 0.3) is 0 Å². The Hall–Kier alpha value is -3.08. The van der Waals surface area contributed by atoms with Crippen molar-refractivity contribution in [1.29, 1.82) is 0 Å². The second-order valence-corrected chi connectivity index (χ2v) is 6.63. The predicted molar refractivity (Wildman–Crippen MR) is 104 cm³/mol. The number of hydrogen-bond donors (Lipinski definition) is 1. The fourth-order valence-corrected chi connectivity index (χ4v) is 3.58. The van der Waals surface area contributed by atoms with Crippen molar-refractivity contribution < 1.29 is 9.90 Å². The Balaban J connectivity index is 1.64. The topological polar surface area (TPSA) is 56.7 Å². The second kappa shape index (κ2) is 6.67. The number of fused-ring (bicyclic) bond motifs is 1. The number of carboxylic acid groups (broad SMARTS) is 1. The first-order chi connectivity index (χ1) is 12.6.